The third kappa shape index (κ3) is 5.37. The van der Waals surface area contributed by atoms with Gasteiger partial charge in [-0.2, -0.15) is 0 Å². The Morgan fingerprint density at radius 2 is 2.11 bits per heavy atom. The van der Waals surface area contributed by atoms with E-state index in [1.165, 1.54) is 16.9 Å². The highest BCUT2D eigenvalue weighted by Gasteiger charge is 2.33. The van der Waals surface area contributed by atoms with E-state index in [1.807, 2.05) is 18.2 Å². The summed E-state index contributed by atoms with van der Waals surface area (Å²) in [7, 11) is 0. The molecular formula is C20H26N4O2S. The quantitative estimate of drug-likeness (QED) is 0.728. The van der Waals surface area contributed by atoms with Gasteiger partial charge in [-0.05, 0) is 31.2 Å². The molecule has 2 amide bonds. The van der Waals surface area contributed by atoms with E-state index in [0.717, 1.165) is 35.6 Å². The number of carbonyl (C=O) groups excluding carboxylic acids is 2. The lowest BCUT2D eigenvalue weighted by molar-refractivity contribution is -0.138. The minimum absolute atomic E-state index is 0.0757. The van der Waals surface area contributed by atoms with E-state index in [1.54, 1.807) is 11.1 Å². The van der Waals surface area contributed by atoms with Crippen LogP contribution in [0.3, 0.4) is 0 Å². The Hall–Kier alpha value is -2.25. The van der Waals surface area contributed by atoms with Crippen LogP contribution in [-0.2, 0) is 29.1 Å². The normalized spacial score (nSPS) is 16.5. The first-order valence-electron chi connectivity index (χ1n) is 9.42. The number of nitrogens with one attached hydrogen (secondary N) is 1. The van der Waals surface area contributed by atoms with Crippen molar-refractivity contribution in [1.29, 1.82) is 0 Å². The average molecular weight is 387 g/mol. The Morgan fingerprint density at radius 1 is 1.30 bits per heavy atom. The molecule has 2 aromatic rings. The van der Waals surface area contributed by atoms with Crippen molar-refractivity contribution in [3.63, 3.8) is 0 Å². The van der Waals surface area contributed by atoms with Crippen LogP contribution < -0.4 is 11.1 Å². The van der Waals surface area contributed by atoms with E-state index in [-0.39, 0.29) is 17.9 Å². The largest absolute Gasteiger partial charge is 0.349 e. The highest BCUT2D eigenvalue weighted by Crippen LogP contribution is 2.20. The number of aryl methyl sites for hydroxylation is 1. The minimum Gasteiger partial charge on any atom is -0.349 e. The van der Waals surface area contributed by atoms with Gasteiger partial charge >= 0.3 is 0 Å². The number of rotatable bonds is 8. The fourth-order valence-corrected chi connectivity index (χ4v) is 4.13. The second-order valence-electron chi connectivity index (χ2n) is 6.73. The highest BCUT2D eigenvalue weighted by atomic mass is 32.1. The summed E-state index contributed by atoms with van der Waals surface area (Å²) in [5, 5.41) is 3.80. The maximum Gasteiger partial charge on any atom is 0.243 e. The van der Waals surface area contributed by atoms with Crippen LogP contribution in [0.4, 0.5) is 0 Å². The Morgan fingerprint density at radius 3 is 2.85 bits per heavy atom. The molecule has 1 aromatic carbocycles. The Bertz CT molecular complexity index is 762. The molecule has 2 heterocycles. The third-order valence-electron chi connectivity index (χ3n) is 4.79. The van der Waals surface area contributed by atoms with Gasteiger partial charge in [0.25, 0.3) is 0 Å². The number of thiazole rings is 1. The van der Waals surface area contributed by atoms with Crippen molar-refractivity contribution in [2.24, 2.45) is 5.73 Å². The zero-order valence-electron chi connectivity index (χ0n) is 15.4. The van der Waals surface area contributed by atoms with Crippen LogP contribution >= 0.6 is 11.3 Å². The Kier molecular flexibility index (Phi) is 6.95. The number of carbonyl (C=O) groups is 2. The van der Waals surface area contributed by atoms with E-state index >= 15 is 0 Å². The Labute approximate surface area is 163 Å². The number of benzene rings is 1. The van der Waals surface area contributed by atoms with Gasteiger partial charge in [-0.1, -0.05) is 30.3 Å². The number of nitrogens with zero attached hydrogens (tertiary/aromatic N) is 2. The molecule has 144 valence electrons. The number of nitrogens with two attached hydrogens (primary N) is 1. The molecule has 3 rings (SSSR count). The molecule has 0 unspecified atom stereocenters. The first kappa shape index (κ1) is 19.5. The summed E-state index contributed by atoms with van der Waals surface area (Å²) in [5.74, 6) is -0.00148. The average Bonchev–Trinajstić information content (AvgIpc) is 3.36. The smallest absolute Gasteiger partial charge is 0.243 e. The molecule has 0 aliphatic carbocycles. The van der Waals surface area contributed by atoms with Crippen molar-refractivity contribution in [2.75, 3.05) is 6.54 Å². The van der Waals surface area contributed by atoms with Crippen LogP contribution in [0, 0.1) is 0 Å². The van der Waals surface area contributed by atoms with Crippen LogP contribution in [0.25, 0.3) is 0 Å². The standard InChI is InChI=1S/C20H26N4O2S/c21-12-18-22-13-16(27-18)14-23-20(26)17-9-5-11-24(17)19(25)10-4-8-15-6-2-1-3-7-15/h1-3,6-7,13,17H,4-5,8-12,14,21H2,(H,23,26)/t17-/m0/s1. The summed E-state index contributed by atoms with van der Waals surface area (Å²) in [6, 6.07) is 9.81. The van der Waals surface area contributed by atoms with E-state index < -0.39 is 0 Å². The fourth-order valence-electron chi connectivity index (χ4n) is 3.39. The molecule has 0 radical (unpaired) electrons. The molecular weight excluding hydrogens is 360 g/mol. The second kappa shape index (κ2) is 9.62. The summed E-state index contributed by atoms with van der Waals surface area (Å²) < 4.78 is 0. The van der Waals surface area contributed by atoms with Crippen molar-refractivity contribution in [1.82, 2.24) is 15.2 Å². The maximum absolute atomic E-state index is 12.6. The molecule has 1 aliphatic rings. The number of likely N-dealkylation sites (tertiary alicyclic amines) is 1. The van der Waals surface area contributed by atoms with Crippen LogP contribution in [0.1, 0.15) is 41.1 Å². The molecule has 0 saturated carbocycles. The number of aromatic nitrogens is 1. The van der Waals surface area contributed by atoms with E-state index in [9.17, 15) is 9.59 Å². The van der Waals surface area contributed by atoms with Crippen LogP contribution in [0.15, 0.2) is 36.5 Å². The summed E-state index contributed by atoms with van der Waals surface area (Å²) >= 11 is 1.50. The summed E-state index contributed by atoms with van der Waals surface area (Å²) in [6.45, 7) is 1.51. The summed E-state index contributed by atoms with van der Waals surface area (Å²) in [6.07, 6.45) is 5.51. The predicted octanol–water partition coefficient (Wildman–Crippen LogP) is 2.23. The molecule has 3 N–H and O–H groups in total. The predicted molar refractivity (Wildman–Crippen MR) is 106 cm³/mol. The lowest BCUT2D eigenvalue weighted by atomic mass is 10.1. The van der Waals surface area contributed by atoms with Gasteiger partial charge in [0.2, 0.25) is 11.8 Å². The number of hydrogen-bond acceptors (Lipinski definition) is 5. The van der Waals surface area contributed by atoms with Gasteiger partial charge in [-0.25, -0.2) is 4.98 Å². The number of hydrogen-bond donors (Lipinski definition) is 2. The Balaban J connectivity index is 1.46. The van der Waals surface area contributed by atoms with Crippen molar-refractivity contribution in [2.45, 2.75) is 51.2 Å². The molecule has 1 atom stereocenters. The zero-order chi connectivity index (χ0) is 19.1. The second-order valence-corrected chi connectivity index (χ2v) is 7.93. The monoisotopic (exact) mass is 386 g/mol. The molecule has 27 heavy (non-hydrogen) atoms. The summed E-state index contributed by atoms with van der Waals surface area (Å²) in [4.78, 5) is 32.1. The number of amides is 2. The maximum atomic E-state index is 12.6. The third-order valence-corrected chi connectivity index (χ3v) is 5.81. The lowest BCUT2D eigenvalue weighted by Gasteiger charge is -2.24. The molecule has 7 heteroatoms. The minimum atomic E-state index is -0.351. The molecule has 0 bridgehead atoms. The molecule has 6 nitrogen and oxygen atoms in total. The first-order chi connectivity index (χ1) is 13.2. The van der Waals surface area contributed by atoms with Crippen molar-refractivity contribution < 1.29 is 9.59 Å². The van der Waals surface area contributed by atoms with Gasteiger partial charge in [0.1, 0.15) is 11.0 Å². The topological polar surface area (TPSA) is 88.3 Å². The van der Waals surface area contributed by atoms with E-state index in [2.05, 4.69) is 22.4 Å². The molecule has 0 spiro atoms. The molecule has 1 aromatic heterocycles. The van der Waals surface area contributed by atoms with Gasteiger partial charge in [0, 0.05) is 30.6 Å². The summed E-state index contributed by atoms with van der Waals surface area (Å²) in [5.41, 5.74) is 6.80. The zero-order valence-corrected chi connectivity index (χ0v) is 16.2. The van der Waals surface area contributed by atoms with E-state index in [4.69, 9.17) is 5.73 Å². The SMILES string of the molecule is NCc1ncc(CNC(=O)[C@@H]2CCCN2C(=O)CCCc2ccccc2)s1. The first-order valence-corrected chi connectivity index (χ1v) is 10.2. The highest BCUT2D eigenvalue weighted by molar-refractivity contribution is 7.11. The van der Waals surface area contributed by atoms with Crippen molar-refractivity contribution in [3.8, 4) is 0 Å². The van der Waals surface area contributed by atoms with E-state index in [0.29, 0.717) is 26.1 Å². The van der Waals surface area contributed by atoms with Gasteiger partial charge < -0.3 is 16.0 Å². The van der Waals surface area contributed by atoms with Crippen LogP contribution in [0.5, 0.6) is 0 Å². The van der Waals surface area contributed by atoms with Gasteiger partial charge in [0.05, 0.1) is 6.54 Å². The van der Waals surface area contributed by atoms with Gasteiger partial charge in [-0.3, -0.25) is 9.59 Å². The fraction of sp³-hybridized carbons (Fsp3) is 0.450. The van der Waals surface area contributed by atoms with Crippen LogP contribution in [-0.4, -0.2) is 34.3 Å². The molecule has 1 aliphatic heterocycles. The molecule has 1 fully saturated rings. The molecule has 1 saturated heterocycles. The van der Waals surface area contributed by atoms with Gasteiger partial charge in [0.15, 0.2) is 0 Å². The van der Waals surface area contributed by atoms with Gasteiger partial charge in [-0.15, -0.1) is 11.3 Å². The van der Waals surface area contributed by atoms with Crippen LogP contribution in [0.2, 0.25) is 0 Å². The van der Waals surface area contributed by atoms with Crippen molar-refractivity contribution >= 4 is 23.2 Å². The van der Waals surface area contributed by atoms with Crippen molar-refractivity contribution in [3.05, 3.63) is 52.0 Å². The lowest BCUT2D eigenvalue weighted by Crippen LogP contribution is -2.45.